The smallest absolute Gasteiger partial charge is 0.164 e. The van der Waals surface area contributed by atoms with Crippen LogP contribution in [0.1, 0.15) is 22.3 Å². The summed E-state index contributed by atoms with van der Waals surface area (Å²) in [5, 5.41) is 7.58. The van der Waals surface area contributed by atoms with Crippen molar-refractivity contribution < 1.29 is 0 Å². The van der Waals surface area contributed by atoms with Gasteiger partial charge in [0.25, 0.3) is 0 Å². The van der Waals surface area contributed by atoms with Crippen LogP contribution in [0.15, 0.2) is 200 Å². The Bertz CT molecular complexity index is 2990. The number of benzene rings is 9. The topological polar surface area (TPSA) is 38.7 Å². The number of aromatic nitrogens is 3. The molecule has 0 bridgehead atoms. The average Bonchev–Trinajstić information content (AvgIpc) is 3.57. The van der Waals surface area contributed by atoms with Crippen LogP contribution in [0.5, 0.6) is 0 Å². The van der Waals surface area contributed by atoms with Crippen molar-refractivity contribution in [2.45, 2.75) is 5.41 Å². The van der Waals surface area contributed by atoms with Crippen molar-refractivity contribution in [2.75, 3.05) is 0 Å². The molecule has 0 fully saturated rings. The van der Waals surface area contributed by atoms with Gasteiger partial charge in [-0.05, 0) is 77.8 Å². The highest BCUT2D eigenvalue weighted by Gasteiger charge is 2.46. The number of rotatable bonds is 5. The van der Waals surface area contributed by atoms with Crippen molar-refractivity contribution in [3.63, 3.8) is 0 Å². The Balaban J connectivity index is 1.21. The maximum Gasteiger partial charge on any atom is 0.164 e. The fourth-order valence-electron chi connectivity index (χ4n) is 8.97. The average molecular weight is 700 g/mol. The summed E-state index contributed by atoms with van der Waals surface area (Å²) in [6.07, 6.45) is 0. The van der Waals surface area contributed by atoms with E-state index in [9.17, 15) is 0 Å². The molecule has 9 aromatic carbocycles. The van der Waals surface area contributed by atoms with E-state index in [-0.39, 0.29) is 0 Å². The molecular weight excluding hydrogens is 667 g/mol. The maximum absolute atomic E-state index is 5.15. The van der Waals surface area contributed by atoms with Crippen LogP contribution in [-0.2, 0) is 5.41 Å². The van der Waals surface area contributed by atoms with E-state index in [4.69, 9.17) is 15.0 Å². The molecule has 256 valence electrons. The molecule has 1 atom stereocenters. The summed E-state index contributed by atoms with van der Waals surface area (Å²) < 4.78 is 0. The van der Waals surface area contributed by atoms with Gasteiger partial charge in [-0.1, -0.05) is 188 Å². The van der Waals surface area contributed by atoms with Crippen molar-refractivity contribution in [3.05, 3.63) is 222 Å². The van der Waals surface area contributed by atoms with Gasteiger partial charge in [-0.25, -0.2) is 15.0 Å². The summed E-state index contributed by atoms with van der Waals surface area (Å²) in [6, 6.07) is 71.8. The number of hydrogen-bond acceptors (Lipinski definition) is 3. The standard InChI is InChI=1S/C52H33N3/c1-4-16-34(17-5-1)49-53-50(35-18-6-2-7-19-35)55-51(54-49)36-28-30-45-44-26-14-15-27-47(44)52(48(45)32-36,37-20-8-3-9-21-37)38-29-31-43-41-24-11-10-22-39(41)40-23-12-13-25-42(40)46(43)33-38/h1-33H. The molecule has 1 aliphatic rings. The zero-order valence-electron chi connectivity index (χ0n) is 29.9. The minimum absolute atomic E-state index is 0.609. The molecule has 0 radical (unpaired) electrons. The Morgan fingerprint density at radius 3 is 1.33 bits per heavy atom. The van der Waals surface area contributed by atoms with Gasteiger partial charge in [0.15, 0.2) is 17.5 Å². The number of nitrogens with zero attached hydrogens (tertiary/aromatic N) is 3. The van der Waals surface area contributed by atoms with Gasteiger partial charge in [-0.3, -0.25) is 0 Å². The lowest BCUT2D eigenvalue weighted by Gasteiger charge is -2.34. The molecule has 3 heteroatoms. The molecule has 55 heavy (non-hydrogen) atoms. The monoisotopic (exact) mass is 699 g/mol. The van der Waals surface area contributed by atoms with Gasteiger partial charge in [-0.2, -0.15) is 0 Å². The summed E-state index contributed by atoms with van der Waals surface area (Å²) in [6.45, 7) is 0. The maximum atomic E-state index is 5.15. The first kappa shape index (κ1) is 31.3. The number of fused-ring (bicyclic) bond motifs is 9. The Morgan fingerprint density at radius 2 is 0.727 bits per heavy atom. The van der Waals surface area contributed by atoms with Gasteiger partial charge in [0.2, 0.25) is 0 Å². The third-order valence-corrected chi connectivity index (χ3v) is 11.4. The molecule has 0 saturated heterocycles. The largest absolute Gasteiger partial charge is 0.208 e. The normalized spacial score (nSPS) is 14.6. The highest BCUT2D eigenvalue weighted by Crippen LogP contribution is 2.57. The molecule has 0 aliphatic heterocycles. The Hall–Kier alpha value is -7.23. The van der Waals surface area contributed by atoms with Crippen molar-refractivity contribution in [1.82, 2.24) is 15.0 Å². The second-order valence-corrected chi connectivity index (χ2v) is 14.3. The molecule has 1 aliphatic carbocycles. The first-order valence-electron chi connectivity index (χ1n) is 18.8. The van der Waals surface area contributed by atoms with Crippen LogP contribution < -0.4 is 0 Å². The van der Waals surface area contributed by atoms with Crippen LogP contribution in [0, 0.1) is 0 Å². The predicted octanol–water partition coefficient (Wildman–Crippen LogP) is 12.7. The van der Waals surface area contributed by atoms with Gasteiger partial charge in [0.05, 0.1) is 5.41 Å². The number of hydrogen-bond donors (Lipinski definition) is 0. The lowest BCUT2D eigenvalue weighted by atomic mass is 9.67. The lowest BCUT2D eigenvalue weighted by Crippen LogP contribution is -2.28. The molecule has 0 saturated carbocycles. The molecule has 0 amide bonds. The van der Waals surface area contributed by atoms with Crippen molar-refractivity contribution in [1.29, 1.82) is 0 Å². The van der Waals surface area contributed by atoms with E-state index in [1.54, 1.807) is 0 Å². The molecule has 3 nitrogen and oxygen atoms in total. The molecule has 11 rings (SSSR count). The molecule has 0 N–H and O–H groups in total. The molecule has 1 aromatic heterocycles. The minimum atomic E-state index is -0.609. The van der Waals surface area contributed by atoms with Crippen molar-refractivity contribution >= 4 is 32.3 Å². The third kappa shape index (κ3) is 4.80. The van der Waals surface area contributed by atoms with Crippen LogP contribution >= 0.6 is 0 Å². The summed E-state index contributed by atoms with van der Waals surface area (Å²) in [5.41, 5.74) is 9.61. The summed E-state index contributed by atoms with van der Waals surface area (Å²) in [5.74, 6) is 1.94. The molecule has 10 aromatic rings. The second kappa shape index (κ2) is 12.4. The van der Waals surface area contributed by atoms with Crippen LogP contribution in [0.4, 0.5) is 0 Å². The van der Waals surface area contributed by atoms with Crippen LogP contribution in [-0.4, -0.2) is 15.0 Å². The van der Waals surface area contributed by atoms with Gasteiger partial charge in [-0.15, -0.1) is 0 Å². The van der Waals surface area contributed by atoms with E-state index in [1.807, 2.05) is 36.4 Å². The van der Waals surface area contributed by atoms with Crippen molar-refractivity contribution in [2.24, 2.45) is 0 Å². The van der Waals surface area contributed by atoms with Crippen LogP contribution in [0.25, 0.3) is 77.6 Å². The van der Waals surface area contributed by atoms with Crippen molar-refractivity contribution in [3.8, 4) is 45.3 Å². The van der Waals surface area contributed by atoms with E-state index in [2.05, 4.69) is 164 Å². The highest BCUT2D eigenvalue weighted by molar-refractivity contribution is 6.25. The van der Waals surface area contributed by atoms with Gasteiger partial charge < -0.3 is 0 Å². The summed E-state index contributed by atoms with van der Waals surface area (Å²) in [4.78, 5) is 15.3. The van der Waals surface area contributed by atoms with E-state index in [0.717, 1.165) is 16.7 Å². The fraction of sp³-hybridized carbons (Fsp3) is 0.0192. The van der Waals surface area contributed by atoms with E-state index in [1.165, 1.54) is 65.7 Å². The molecule has 0 spiro atoms. The van der Waals surface area contributed by atoms with E-state index >= 15 is 0 Å². The van der Waals surface area contributed by atoms with E-state index < -0.39 is 5.41 Å². The summed E-state index contributed by atoms with van der Waals surface area (Å²) >= 11 is 0. The van der Waals surface area contributed by atoms with Gasteiger partial charge >= 0.3 is 0 Å². The highest BCUT2D eigenvalue weighted by atomic mass is 15.0. The molecule has 1 unspecified atom stereocenters. The molecule has 1 heterocycles. The SMILES string of the molecule is c1ccc(-c2nc(-c3ccccc3)nc(-c3ccc4c(c3)C(c3ccccc3)(c3ccc5c6ccccc6c6ccccc6c5c3)c3ccccc3-4)n2)cc1. The van der Waals surface area contributed by atoms with Crippen LogP contribution in [0.3, 0.4) is 0 Å². The Kier molecular flexibility index (Phi) is 7.08. The predicted molar refractivity (Wildman–Crippen MR) is 226 cm³/mol. The Labute approximate surface area is 319 Å². The zero-order chi connectivity index (χ0) is 36.3. The fourth-order valence-corrected chi connectivity index (χ4v) is 8.97. The first-order valence-corrected chi connectivity index (χ1v) is 18.8. The van der Waals surface area contributed by atoms with Gasteiger partial charge in [0, 0.05) is 16.7 Å². The summed E-state index contributed by atoms with van der Waals surface area (Å²) in [7, 11) is 0. The van der Waals surface area contributed by atoms with Crippen LogP contribution in [0.2, 0.25) is 0 Å². The zero-order valence-corrected chi connectivity index (χ0v) is 29.9. The molecular formula is C52H33N3. The quantitative estimate of drug-likeness (QED) is 0.168. The second-order valence-electron chi connectivity index (χ2n) is 14.3. The third-order valence-electron chi connectivity index (χ3n) is 11.4. The van der Waals surface area contributed by atoms with Gasteiger partial charge in [0.1, 0.15) is 0 Å². The van der Waals surface area contributed by atoms with E-state index in [0.29, 0.717) is 17.5 Å². The minimum Gasteiger partial charge on any atom is -0.208 e. The lowest BCUT2D eigenvalue weighted by molar-refractivity contribution is 0.770. The first-order chi connectivity index (χ1) is 27.3. The Morgan fingerprint density at radius 1 is 0.273 bits per heavy atom.